The minimum Gasteiger partial charge on any atom is -0.296 e. The molecule has 0 spiro atoms. The lowest BCUT2D eigenvalue weighted by atomic mass is 10.1. The van der Waals surface area contributed by atoms with Crippen LogP contribution in [-0.4, -0.2) is 42.8 Å². The summed E-state index contributed by atoms with van der Waals surface area (Å²) in [5.41, 5.74) is 1.06. The molecule has 1 heterocycles. The summed E-state index contributed by atoms with van der Waals surface area (Å²) in [6.07, 6.45) is 7.55. The zero-order valence-corrected chi connectivity index (χ0v) is 8.98. The van der Waals surface area contributed by atoms with Crippen LogP contribution in [0.1, 0.15) is 12.8 Å². The van der Waals surface area contributed by atoms with Gasteiger partial charge in [-0.25, -0.2) is 5.21 Å². The van der Waals surface area contributed by atoms with Gasteiger partial charge in [0.1, 0.15) is 12.6 Å². The molecule has 3 heteroatoms. The monoisotopic (exact) mass is 195 g/mol. The van der Waals surface area contributed by atoms with Crippen LogP contribution in [0.15, 0.2) is 29.3 Å². The second kappa shape index (κ2) is 4.53. The lowest BCUT2D eigenvalue weighted by molar-refractivity contribution is -1.09. The summed E-state index contributed by atoms with van der Waals surface area (Å²) in [5.74, 6) is 0. The van der Waals surface area contributed by atoms with E-state index in [1.165, 1.54) is 0 Å². The van der Waals surface area contributed by atoms with Gasteiger partial charge >= 0.3 is 0 Å². The molecule has 1 fully saturated rings. The van der Waals surface area contributed by atoms with Crippen LogP contribution in [0.3, 0.4) is 0 Å². The maximum atomic E-state index is 10.1. The summed E-state index contributed by atoms with van der Waals surface area (Å²) in [6.45, 7) is 4.49. The van der Waals surface area contributed by atoms with Crippen LogP contribution in [0.4, 0.5) is 0 Å². The highest BCUT2D eigenvalue weighted by molar-refractivity contribution is 5.80. The van der Waals surface area contributed by atoms with E-state index in [2.05, 4.69) is 11.6 Å². The molecule has 0 aromatic heterocycles. The Balaban J connectivity index is 2.88. The van der Waals surface area contributed by atoms with E-state index in [0.29, 0.717) is 0 Å². The van der Waals surface area contributed by atoms with Gasteiger partial charge in [-0.3, -0.25) is 4.99 Å². The van der Waals surface area contributed by atoms with Crippen LogP contribution >= 0.6 is 0 Å². The van der Waals surface area contributed by atoms with Crippen molar-refractivity contribution in [2.75, 3.05) is 20.6 Å². The number of quaternary nitrogens is 1. The molecule has 3 nitrogen and oxygen atoms in total. The highest BCUT2D eigenvalue weighted by Gasteiger charge is 2.39. The minimum atomic E-state index is 0.0751. The number of aliphatic imine (C=N–C) groups is 1. The van der Waals surface area contributed by atoms with Crippen molar-refractivity contribution in [3.63, 3.8) is 0 Å². The van der Waals surface area contributed by atoms with Gasteiger partial charge in [-0.1, -0.05) is 18.7 Å². The van der Waals surface area contributed by atoms with Crippen molar-refractivity contribution in [2.24, 2.45) is 4.99 Å². The van der Waals surface area contributed by atoms with E-state index >= 15 is 0 Å². The fraction of sp³-hybridized carbons (Fsp3) is 0.545. The van der Waals surface area contributed by atoms with Crippen LogP contribution in [-0.2, 0) is 0 Å². The molecule has 1 N–H and O–H groups in total. The zero-order valence-electron chi connectivity index (χ0n) is 8.98. The number of hydrogen-bond donors (Lipinski definition) is 1. The molecular formula is C11H19N2O+. The molecule has 0 aromatic carbocycles. The van der Waals surface area contributed by atoms with Gasteiger partial charge in [0, 0.05) is 31.7 Å². The average Bonchev–Trinajstić information content (AvgIpc) is 2.45. The minimum absolute atomic E-state index is 0.0751. The fourth-order valence-electron chi connectivity index (χ4n) is 2.05. The third-order valence-corrected chi connectivity index (χ3v) is 2.73. The quantitative estimate of drug-likeness (QED) is 0.416. The van der Waals surface area contributed by atoms with Crippen molar-refractivity contribution in [3.8, 4) is 0 Å². The molecule has 0 amide bonds. The maximum Gasteiger partial charge on any atom is 0.146 e. The van der Waals surface area contributed by atoms with E-state index in [0.717, 1.165) is 25.0 Å². The van der Waals surface area contributed by atoms with E-state index in [4.69, 9.17) is 0 Å². The average molecular weight is 195 g/mol. The van der Waals surface area contributed by atoms with Gasteiger partial charge in [-0.2, -0.15) is 4.65 Å². The van der Waals surface area contributed by atoms with Crippen molar-refractivity contribution < 1.29 is 9.85 Å². The normalized spacial score (nSPS) is 33.9. The van der Waals surface area contributed by atoms with E-state index in [1.807, 2.05) is 19.3 Å². The van der Waals surface area contributed by atoms with Gasteiger partial charge in [0.2, 0.25) is 0 Å². The number of hydrogen-bond acceptors (Lipinski definition) is 2. The first kappa shape index (κ1) is 11.1. The predicted octanol–water partition coefficient (Wildman–Crippen LogP) is 1.80. The molecule has 0 radical (unpaired) electrons. The molecule has 0 aromatic rings. The van der Waals surface area contributed by atoms with Crippen molar-refractivity contribution in [3.05, 3.63) is 24.3 Å². The standard InChI is InChI=1S/C11H19N2O/c1-4-6-10(9-12-2)11-7-5-8-13(11,3)14/h4,6,9,11,14H,1,5,7-8H2,2-3H3/q+1/b10-6+,12-9?. The van der Waals surface area contributed by atoms with E-state index < -0.39 is 0 Å². The fourth-order valence-corrected chi connectivity index (χ4v) is 2.05. The Morgan fingerprint density at radius 1 is 1.64 bits per heavy atom. The summed E-state index contributed by atoms with van der Waals surface area (Å²) in [6, 6.07) is 0.150. The SMILES string of the molecule is C=C/C=C(\C=NC)C1CCC[N+]1(C)O. The van der Waals surface area contributed by atoms with Gasteiger partial charge < -0.3 is 0 Å². The largest absolute Gasteiger partial charge is 0.296 e. The molecule has 0 bridgehead atoms. The Morgan fingerprint density at radius 2 is 2.36 bits per heavy atom. The first-order valence-electron chi connectivity index (χ1n) is 4.94. The summed E-state index contributed by atoms with van der Waals surface area (Å²) in [4.78, 5) is 4.00. The molecule has 2 unspecified atom stereocenters. The van der Waals surface area contributed by atoms with Crippen molar-refractivity contribution in [1.82, 2.24) is 0 Å². The van der Waals surface area contributed by atoms with Crippen LogP contribution in [0.25, 0.3) is 0 Å². The zero-order chi connectivity index (χ0) is 10.6. The smallest absolute Gasteiger partial charge is 0.146 e. The topological polar surface area (TPSA) is 32.6 Å². The molecule has 0 aliphatic carbocycles. The summed E-state index contributed by atoms with van der Waals surface area (Å²) in [7, 11) is 3.59. The third-order valence-electron chi connectivity index (χ3n) is 2.73. The van der Waals surface area contributed by atoms with E-state index in [1.54, 1.807) is 13.1 Å². The highest BCUT2D eigenvalue weighted by atomic mass is 16.5. The van der Waals surface area contributed by atoms with Gasteiger partial charge in [-0.15, -0.1) is 0 Å². The molecule has 0 saturated carbocycles. The van der Waals surface area contributed by atoms with E-state index in [-0.39, 0.29) is 10.7 Å². The molecule has 1 rings (SSSR count). The highest BCUT2D eigenvalue weighted by Crippen LogP contribution is 2.26. The number of nitrogens with zero attached hydrogens (tertiary/aromatic N) is 2. The van der Waals surface area contributed by atoms with Crippen LogP contribution in [0.2, 0.25) is 0 Å². The second-order valence-electron chi connectivity index (χ2n) is 3.89. The van der Waals surface area contributed by atoms with Gasteiger partial charge in [-0.05, 0) is 0 Å². The van der Waals surface area contributed by atoms with Gasteiger partial charge in [0.15, 0.2) is 0 Å². The predicted molar refractivity (Wildman–Crippen MR) is 58.6 cm³/mol. The Morgan fingerprint density at radius 3 is 2.79 bits per heavy atom. The van der Waals surface area contributed by atoms with Crippen LogP contribution < -0.4 is 0 Å². The molecule has 78 valence electrons. The van der Waals surface area contributed by atoms with Crippen LogP contribution in [0, 0.1) is 0 Å². The molecule has 2 atom stereocenters. The van der Waals surface area contributed by atoms with Crippen molar-refractivity contribution in [1.29, 1.82) is 0 Å². The van der Waals surface area contributed by atoms with Crippen molar-refractivity contribution in [2.45, 2.75) is 18.9 Å². The lowest BCUT2D eigenvalue weighted by Crippen LogP contribution is -2.45. The Labute approximate surface area is 85.6 Å². The van der Waals surface area contributed by atoms with Crippen LogP contribution in [0.5, 0.6) is 0 Å². The lowest BCUT2D eigenvalue weighted by Gasteiger charge is -2.27. The second-order valence-corrected chi connectivity index (χ2v) is 3.89. The molecular weight excluding hydrogens is 176 g/mol. The Kier molecular flexibility index (Phi) is 3.61. The summed E-state index contributed by atoms with van der Waals surface area (Å²) < 4.78 is 0.0751. The number of allylic oxidation sites excluding steroid dienone is 2. The summed E-state index contributed by atoms with van der Waals surface area (Å²) >= 11 is 0. The number of rotatable bonds is 3. The third kappa shape index (κ3) is 2.30. The molecule has 1 aliphatic rings. The number of hydroxylamine groups is 3. The first-order chi connectivity index (χ1) is 6.61. The molecule has 14 heavy (non-hydrogen) atoms. The van der Waals surface area contributed by atoms with Gasteiger partial charge in [0.25, 0.3) is 0 Å². The maximum absolute atomic E-state index is 10.1. The number of likely N-dealkylation sites (N-methyl/N-ethyl adjacent to an activating group) is 1. The first-order valence-corrected chi connectivity index (χ1v) is 4.94. The number of likely N-dealkylation sites (tertiary alicyclic amines) is 1. The van der Waals surface area contributed by atoms with Gasteiger partial charge in [0.05, 0.1) is 7.05 Å². The molecule has 1 saturated heterocycles. The summed E-state index contributed by atoms with van der Waals surface area (Å²) in [5, 5.41) is 10.1. The Hall–Kier alpha value is -0.930. The molecule has 1 aliphatic heterocycles. The Bertz CT molecular complexity index is 266. The van der Waals surface area contributed by atoms with Crippen molar-refractivity contribution >= 4 is 6.21 Å². The van der Waals surface area contributed by atoms with E-state index in [9.17, 15) is 5.21 Å².